The highest BCUT2D eigenvalue weighted by Gasteiger charge is 2.41. The molecule has 0 bridgehead atoms. The maximum absolute atomic E-state index is 13.0. The summed E-state index contributed by atoms with van der Waals surface area (Å²) in [4.78, 5) is 132. The Hall–Kier alpha value is -9.44. The van der Waals surface area contributed by atoms with Crippen LogP contribution in [0.5, 0.6) is 5.75 Å². The van der Waals surface area contributed by atoms with Crippen molar-refractivity contribution in [2.24, 2.45) is 26.6 Å². The number of carbonyl (C=O) groups is 5. The number of aromatic nitrogens is 3. The number of hydrogen-bond acceptors (Lipinski definition) is 24. The van der Waals surface area contributed by atoms with Crippen molar-refractivity contribution >= 4 is 104 Å². The summed E-state index contributed by atoms with van der Waals surface area (Å²) in [5.74, 6) is -1.50. The number of nitrogens with one attached hydrogen (secondary N) is 5. The second-order valence-corrected chi connectivity index (χ2v) is 32.0. The molecule has 0 saturated carbocycles. The molecular weight excluding hydrogens is 1350 g/mol. The van der Waals surface area contributed by atoms with E-state index < -0.39 is 41.3 Å². The van der Waals surface area contributed by atoms with E-state index in [9.17, 15) is 63.6 Å². The van der Waals surface area contributed by atoms with Crippen LogP contribution >= 0.6 is 0 Å². The molecule has 3 aromatic heterocycles. The van der Waals surface area contributed by atoms with Gasteiger partial charge in [0.1, 0.15) is 40.8 Å². The molecule has 7 N–H and O–H groups in total. The van der Waals surface area contributed by atoms with Gasteiger partial charge in [0.15, 0.2) is 11.6 Å². The molecule has 3 aromatic carbocycles. The number of pyridine rings is 3. The zero-order valence-corrected chi connectivity index (χ0v) is 59.8. The number of ketones is 2. The molecule has 100 heavy (non-hydrogen) atoms. The highest BCUT2D eigenvalue weighted by atomic mass is 32.2. The minimum absolute atomic E-state index is 0.0121. The minimum Gasteiger partial charge on any atom is -0.496 e. The molecule has 0 spiro atoms. The van der Waals surface area contributed by atoms with Crippen LogP contribution in [0, 0.1) is 5.92 Å². The highest BCUT2D eigenvalue weighted by Crippen LogP contribution is 2.40. The van der Waals surface area contributed by atoms with Crippen LogP contribution in [0.3, 0.4) is 0 Å². The minimum atomic E-state index is -3.09. The Balaban J connectivity index is 0.000000173. The molecule has 12 rings (SSSR count). The van der Waals surface area contributed by atoms with Gasteiger partial charge in [-0.25, -0.2) is 25.3 Å². The summed E-state index contributed by atoms with van der Waals surface area (Å²) < 4.78 is 73.3. The van der Waals surface area contributed by atoms with Crippen molar-refractivity contribution in [3.8, 4) is 5.75 Å². The first-order chi connectivity index (χ1) is 47.3. The maximum Gasteiger partial charge on any atom is 0.261 e. The number of anilines is 2. The van der Waals surface area contributed by atoms with Gasteiger partial charge in [0.25, 0.3) is 34.4 Å². The number of aliphatic imine (C=N–C) groups is 3. The molecule has 6 aliphatic rings. The van der Waals surface area contributed by atoms with Crippen molar-refractivity contribution in [3.05, 3.63) is 171 Å². The number of aromatic amines is 3. The molecule has 29 nitrogen and oxygen atoms in total. The molecular formula is C68H82N14O15S3. The molecule has 1 aliphatic carbocycles. The molecule has 0 fully saturated rings. The average molecular weight is 1430 g/mol. The van der Waals surface area contributed by atoms with E-state index in [1.165, 1.54) is 44.0 Å². The number of rotatable bonds is 24. The summed E-state index contributed by atoms with van der Waals surface area (Å²) in [5.41, 5.74) is 15.5. The van der Waals surface area contributed by atoms with E-state index in [2.05, 4.69) is 41.3 Å². The lowest BCUT2D eigenvalue weighted by atomic mass is 9.99. The predicted molar refractivity (Wildman–Crippen MR) is 384 cm³/mol. The summed E-state index contributed by atoms with van der Waals surface area (Å²) in [5, 5.41) is 6.03. The van der Waals surface area contributed by atoms with Crippen LogP contribution in [0.15, 0.2) is 103 Å². The van der Waals surface area contributed by atoms with E-state index in [0.29, 0.717) is 162 Å². The third kappa shape index (κ3) is 17.0. The second-order valence-electron chi connectivity index (χ2n) is 25.2. The summed E-state index contributed by atoms with van der Waals surface area (Å²) in [6.07, 6.45) is 9.77. The van der Waals surface area contributed by atoms with E-state index >= 15 is 0 Å². The number of carbonyl (C=O) groups excluding carboxylic acids is 5. The fraction of sp³-hybridized carbons (Fsp3) is 0.397. The Labute approximate surface area is 578 Å². The number of nitrogens with two attached hydrogens (primary N) is 1. The molecule has 32 heteroatoms. The summed E-state index contributed by atoms with van der Waals surface area (Å²) in [6, 6.07) is 15.7. The van der Waals surface area contributed by atoms with Crippen LogP contribution in [0.4, 0.5) is 28.4 Å². The van der Waals surface area contributed by atoms with Gasteiger partial charge in [-0.2, -0.15) is 0 Å². The molecule has 1 atom stereocenters. The third-order valence-electron chi connectivity index (χ3n) is 17.8. The lowest BCUT2D eigenvalue weighted by Gasteiger charge is -2.21. The van der Waals surface area contributed by atoms with Crippen molar-refractivity contribution in [3.63, 3.8) is 0 Å². The molecule has 1 unspecified atom stereocenters. The molecule has 3 amide bonds. The van der Waals surface area contributed by atoms with Crippen LogP contribution < -0.4 is 37.8 Å². The third-order valence-corrected chi connectivity index (χ3v) is 20.6. The smallest absolute Gasteiger partial charge is 0.261 e. The van der Waals surface area contributed by atoms with Gasteiger partial charge in [-0.3, -0.25) is 58.2 Å². The lowest BCUT2D eigenvalue weighted by Crippen LogP contribution is -2.38. The van der Waals surface area contributed by atoms with Crippen LogP contribution in [-0.2, 0) is 55.3 Å². The highest BCUT2D eigenvalue weighted by molar-refractivity contribution is 7.91. The molecule has 5 aliphatic heterocycles. The Morgan fingerprint density at radius 1 is 0.500 bits per heavy atom. The Kier molecular flexibility index (Phi) is 23.2. The molecule has 8 heterocycles. The summed E-state index contributed by atoms with van der Waals surface area (Å²) >= 11 is 0. The average Bonchev–Trinajstić information content (AvgIpc) is 1.61. The van der Waals surface area contributed by atoms with Crippen molar-refractivity contribution < 1.29 is 54.0 Å². The van der Waals surface area contributed by atoms with E-state index in [4.69, 9.17) is 9.73 Å². The van der Waals surface area contributed by atoms with Crippen molar-refractivity contribution in [1.82, 2.24) is 39.5 Å². The van der Waals surface area contributed by atoms with Gasteiger partial charge in [-0.15, -0.1) is 0 Å². The van der Waals surface area contributed by atoms with Gasteiger partial charge in [0.05, 0.1) is 98.1 Å². The Bertz CT molecular complexity index is 4720. The van der Waals surface area contributed by atoms with Crippen LogP contribution in [-0.4, -0.2) is 249 Å². The first-order valence-corrected chi connectivity index (χ1v) is 38.2. The van der Waals surface area contributed by atoms with Crippen LogP contribution in [0.1, 0.15) is 97.2 Å². The molecule has 0 saturated heterocycles. The number of H-pyrrole nitrogens is 3. The molecule has 6 aromatic rings. The van der Waals surface area contributed by atoms with E-state index in [1.54, 1.807) is 92.8 Å². The van der Waals surface area contributed by atoms with E-state index in [0.717, 1.165) is 33.6 Å². The number of sulfone groups is 3. The van der Waals surface area contributed by atoms with Crippen molar-refractivity contribution in [2.75, 3.05) is 148 Å². The number of likely N-dealkylation sites (N-methyl/N-ethyl adjacent to an activating group) is 2. The topological polar surface area (TPSA) is 399 Å². The number of hydrogen-bond donors (Lipinski definition) is 6. The zero-order valence-electron chi connectivity index (χ0n) is 57.3. The number of methoxy groups -OCH3 is 1. The van der Waals surface area contributed by atoms with Gasteiger partial charge in [0.2, 0.25) is 0 Å². The zero-order chi connectivity index (χ0) is 72.9. The summed E-state index contributed by atoms with van der Waals surface area (Å²) in [7, 11) is 2.67. The monoisotopic (exact) mass is 1430 g/mol. The maximum atomic E-state index is 13.0. The van der Waals surface area contributed by atoms with Crippen molar-refractivity contribution in [1.29, 1.82) is 0 Å². The molecule has 0 radical (unpaired) electrons. The van der Waals surface area contributed by atoms with E-state index in [-0.39, 0.29) is 63.9 Å². The van der Waals surface area contributed by atoms with Gasteiger partial charge in [0, 0.05) is 140 Å². The first-order valence-electron chi connectivity index (χ1n) is 32.0. The van der Waals surface area contributed by atoms with Gasteiger partial charge >= 0.3 is 0 Å². The fourth-order valence-electron chi connectivity index (χ4n) is 12.3. The SMILES string of the molecule is CN.CNc1cc[nH]c(=O)c1C1=Nc2cc3c(cc2C1)C(=O)N(CCN(C)CCS(C)(=O)=O)C3.CNc1cc[nH]c(=O)c1C1=Nc2cc3c(cc2C1)C(=O)N(CCN(C)CCS(C)(=O)=O)C3=O.COc1cc[nH]c(=O)c1C1=Nc2cc3c(cc2C1)C(=O)C(CCN(C)CCS(C)(=O)=O)C3=O. The van der Waals surface area contributed by atoms with Gasteiger partial charge < -0.3 is 55.7 Å². The normalized spacial score (nSPS) is 15.6. The number of imide groups is 1. The Morgan fingerprint density at radius 2 is 0.890 bits per heavy atom. The fourth-order valence-corrected chi connectivity index (χ4v) is 14.3. The second kappa shape index (κ2) is 31.0. The quantitative estimate of drug-likeness (QED) is 0.0375. The number of amides is 3. The standard InChI is InChI=1S/C23H25N3O6S.C22H25N5O5S.C22H27N5O4S.CH5N/c1-26(8-9-33(3,30)31)7-5-14-21(27)15-10-13-11-18(25-17(13)12-16(15)22(14)28)20-19(32-2)4-6-24-23(20)29;1-23-16-4-5-24-20(28)19(16)18-11-13-10-14-15(12-17(13)25-18)22(30)27(21(14)29)7-6-26(2)8-9-33(3,31)32;1-23-17-4-5-24-21(28)20(17)19-11-14-10-16-15(12-18(14)25-19)13-27(22(16)29)7-6-26(2)8-9-32(3,30)31;1-2/h4,6,10,12,14H,5,7-9,11H2,1-3H3,(H,24,29);4-5,10,12H,6-9,11H2,1-3H3,(H2,23,24,28);4-5,10,12H,6-9,11,13H2,1-3H3,(H2,23,24,28);2H2,1H3. The van der Waals surface area contributed by atoms with Gasteiger partial charge in [-0.05, 0) is 118 Å². The van der Waals surface area contributed by atoms with E-state index in [1.807, 2.05) is 29.0 Å². The number of fused-ring (bicyclic) bond motifs is 6. The first kappa shape index (κ1) is 74.8. The van der Waals surface area contributed by atoms with Crippen LogP contribution in [0.2, 0.25) is 0 Å². The number of benzene rings is 3. The number of ether oxygens (including phenoxy) is 1. The van der Waals surface area contributed by atoms with Gasteiger partial charge in [-0.1, -0.05) is 0 Å². The Morgan fingerprint density at radius 3 is 1.36 bits per heavy atom. The van der Waals surface area contributed by atoms with Crippen molar-refractivity contribution in [2.45, 2.75) is 32.2 Å². The number of nitrogens with zero attached hydrogens (tertiary/aromatic N) is 8. The van der Waals surface area contributed by atoms with Crippen LogP contribution in [0.25, 0.3) is 0 Å². The summed E-state index contributed by atoms with van der Waals surface area (Å²) in [6.45, 7) is 3.69. The largest absolute Gasteiger partial charge is 0.496 e. The lowest BCUT2D eigenvalue weighted by molar-refractivity contribution is 0.0639. The predicted octanol–water partition coefficient (Wildman–Crippen LogP) is 2.69. The number of Topliss-reactive ketones (excluding diaryl/α,β-unsaturated/α-hetero) is 2. The molecule has 532 valence electrons.